The molecule has 0 unspecified atom stereocenters. The summed E-state index contributed by atoms with van der Waals surface area (Å²) < 4.78 is 0. The fourth-order valence-electron chi connectivity index (χ4n) is 1.98. The molecular weight excluding hydrogens is 184 g/mol. The lowest BCUT2D eigenvalue weighted by molar-refractivity contribution is -0.127. The Morgan fingerprint density at radius 2 is 2.46 bits per heavy atom. The Morgan fingerprint density at radius 1 is 1.69 bits per heavy atom. The number of carbonyl (C=O) groups is 1. The van der Waals surface area contributed by atoms with E-state index in [1.54, 1.807) is 11.0 Å². The van der Waals surface area contributed by atoms with Gasteiger partial charge >= 0.3 is 0 Å². The van der Waals surface area contributed by atoms with Crippen molar-refractivity contribution in [2.24, 2.45) is 0 Å². The van der Waals surface area contributed by atoms with E-state index in [4.69, 9.17) is 12.2 Å². The summed E-state index contributed by atoms with van der Waals surface area (Å²) in [5.74, 6) is 0.155. The SMILES string of the molecule is C=CCN1C(=O)[C@@H]2CCCN2C1=S. The van der Waals surface area contributed by atoms with Crippen molar-refractivity contribution in [3.63, 3.8) is 0 Å². The quantitative estimate of drug-likeness (QED) is 0.481. The van der Waals surface area contributed by atoms with Crippen molar-refractivity contribution in [2.45, 2.75) is 18.9 Å². The lowest BCUT2D eigenvalue weighted by Crippen LogP contribution is -2.32. The highest BCUT2D eigenvalue weighted by Gasteiger charge is 2.43. The van der Waals surface area contributed by atoms with Gasteiger partial charge in [-0.25, -0.2) is 0 Å². The highest BCUT2D eigenvalue weighted by Crippen LogP contribution is 2.27. The molecule has 70 valence electrons. The van der Waals surface area contributed by atoms with Crippen molar-refractivity contribution in [3.05, 3.63) is 12.7 Å². The van der Waals surface area contributed by atoms with Crippen LogP contribution in [0.15, 0.2) is 12.7 Å². The summed E-state index contributed by atoms with van der Waals surface area (Å²) in [4.78, 5) is 15.4. The van der Waals surface area contributed by atoms with Crippen molar-refractivity contribution >= 4 is 23.2 Å². The maximum Gasteiger partial charge on any atom is 0.251 e. The van der Waals surface area contributed by atoms with E-state index in [0.717, 1.165) is 19.4 Å². The van der Waals surface area contributed by atoms with Crippen LogP contribution in [0.2, 0.25) is 0 Å². The van der Waals surface area contributed by atoms with E-state index >= 15 is 0 Å². The number of hydrogen-bond acceptors (Lipinski definition) is 2. The molecule has 0 aromatic carbocycles. The van der Waals surface area contributed by atoms with Crippen molar-refractivity contribution in [2.75, 3.05) is 13.1 Å². The smallest absolute Gasteiger partial charge is 0.251 e. The molecule has 3 nitrogen and oxygen atoms in total. The summed E-state index contributed by atoms with van der Waals surface area (Å²) in [6.07, 6.45) is 3.75. The van der Waals surface area contributed by atoms with Crippen LogP contribution in [0.3, 0.4) is 0 Å². The van der Waals surface area contributed by atoms with Crippen molar-refractivity contribution < 1.29 is 4.79 Å². The molecular formula is C9H12N2OS. The van der Waals surface area contributed by atoms with Crippen LogP contribution >= 0.6 is 12.2 Å². The van der Waals surface area contributed by atoms with E-state index in [-0.39, 0.29) is 11.9 Å². The van der Waals surface area contributed by atoms with E-state index in [1.165, 1.54) is 0 Å². The van der Waals surface area contributed by atoms with Gasteiger partial charge in [-0.15, -0.1) is 6.58 Å². The molecule has 0 aliphatic carbocycles. The summed E-state index contributed by atoms with van der Waals surface area (Å²) in [5.41, 5.74) is 0. The van der Waals surface area contributed by atoms with E-state index in [2.05, 4.69) is 6.58 Å². The normalized spacial score (nSPS) is 26.9. The van der Waals surface area contributed by atoms with Gasteiger partial charge in [0.05, 0.1) is 0 Å². The van der Waals surface area contributed by atoms with Gasteiger partial charge in [0.2, 0.25) is 0 Å². The van der Waals surface area contributed by atoms with Gasteiger partial charge in [0.25, 0.3) is 5.91 Å². The molecule has 4 heteroatoms. The van der Waals surface area contributed by atoms with Gasteiger partial charge in [0.1, 0.15) is 6.04 Å². The third kappa shape index (κ3) is 1.16. The molecule has 1 atom stereocenters. The third-order valence-corrected chi connectivity index (χ3v) is 3.05. The van der Waals surface area contributed by atoms with Gasteiger partial charge in [-0.3, -0.25) is 9.69 Å². The molecule has 0 N–H and O–H groups in total. The molecule has 13 heavy (non-hydrogen) atoms. The molecule has 2 aliphatic rings. The van der Waals surface area contributed by atoms with Crippen molar-refractivity contribution in [1.29, 1.82) is 0 Å². The third-order valence-electron chi connectivity index (χ3n) is 2.59. The van der Waals surface area contributed by atoms with Gasteiger partial charge in [-0.2, -0.15) is 0 Å². The number of nitrogens with zero attached hydrogens (tertiary/aromatic N) is 2. The maximum atomic E-state index is 11.7. The first-order valence-corrected chi connectivity index (χ1v) is 4.89. The minimum atomic E-state index is 0.0347. The maximum absolute atomic E-state index is 11.7. The second kappa shape index (κ2) is 3.10. The average molecular weight is 196 g/mol. The summed E-state index contributed by atoms with van der Waals surface area (Å²) in [6.45, 7) is 5.09. The summed E-state index contributed by atoms with van der Waals surface area (Å²) in [5, 5.41) is 0.687. The molecule has 0 saturated carbocycles. The van der Waals surface area contributed by atoms with Gasteiger partial charge in [-0.05, 0) is 25.1 Å². The van der Waals surface area contributed by atoms with Gasteiger partial charge < -0.3 is 4.90 Å². The monoisotopic (exact) mass is 196 g/mol. The largest absolute Gasteiger partial charge is 0.337 e. The topological polar surface area (TPSA) is 23.6 Å². The first-order chi connectivity index (χ1) is 6.25. The zero-order valence-electron chi connectivity index (χ0n) is 7.40. The summed E-state index contributed by atoms with van der Waals surface area (Å²) in [6, 6.07) is 0.0347. The fourth-order valence-corrected chi connectivity index (χ4v) is 2.36. The molecule has 0 bridgehead atoms. The Bertz CT molecular complexity index is 255. The first kappa shape index (κ1) is 8.69. The molecule has 2 fully saturated rings. The predicted octanol–water partition coefficient (Wildman–Crippen LogP) is 0.764. The van der Waals surface area contributed by atoms with E-state index in [1.807, 2.05) is 4.90 Å². The lowest BCUT2D eigenvalue weighted by Gasteiger charge is -2.16. The van der Waals surface area contributed by atoms with Gasteiger partial charge in [0, 0.05) is 13.1 Å². The predicted molar refractivity (Wildman–Crippen MR) is 54.2 cm³/mol. The fraction of sp³-hybridized carbons (Fsp3) is 0.556. The zero-order valence-corrected chi connectivity index (χ0v) is 8.22. The summed E-state index contributed by atoms with van der Waals surface area (Å²) in [7, 11) is 0. The molecule has 2 saturated heterocycles. The van der Waals surface area contributed by atoms with Crippen LogP contribution in [0.1, 0.15) is 12.8 Å². The minimum Gasteiger partial charge on any atom is -0.337 e. The van der Waals surface area contributed by atoms with Crippen LogP contribution in [0.4, 0.5) is 0 Å². The van der Waals surface area contributed by atoms with Crippen LogP contribution in [0.25, 0.3) is 0 Å². The van der Waals surface area contributed by atoms with E-state index in [0.29, 0.717) is 11.7 Å². The molecule has 2 rings (SSSR count). The number of fused-ring (bicyclic) bond motifs is 1. The van der Waals surface area contributed by atoms with Crippen LogP contribution in [-0.4, -0.2) is 40.0 Å². The molecule has 0 radical (unpaired) electrons. The van der Waals surface area contributed by atoms with Crippen LogP contribution < -0.4 is 0 Å². The highest BCUT2D eigenvalue weighted by atomic mass is 32.1. The Hall–Kier alpha value is -0.900. The Labute approximate surface area is 83.0 Å². The zero-order chi connectivity index (χ0) is 9.42. The van der Waals surface area contributed by atoms with Crippen LogP contribution in [0.5, 0.6) is 0 Å². The van der Waals surface area contributed by atoms with E-state index < -0.39 is 0 Å². The minimum absolute atomic E-state index is 0.0347. The Morgan fingerprint density at radius 3 is 3.08 bits per heavy atom. The highest BCUT2D eigenvalue weighted by molar-refractivity contribution is 7.80. The number of rotatable bonds is 2. The molecule has 2 heterocycles. The number of carbonyl (C=O) groups excluding carboxylic acids is 1. The Balaban J connectivity index is 2.21. The number of amides is 1. The Kier molecular flexibility index (Phi) is 2.07. The molecule has 2 aliphatic heterocycles. The number of thiocarbonyl (C=S) groups is 1. The van der Waals surface area contributed by atoms with Crippen molar-refractivity contribution in [1.82, 2.24) is 9.80 Å². The number of hydrogen-bond donors (Lipinski definition) is 0. The molecule has 1 amide bonds. The van der Waals surface area contributed by atoms with Crippen LogP contribution in [-0.2, 0) is 4.79 Å². The first-order valence-electron chi connectivity index (χ1n) is 4.48. The molecule has 0 spiro atoms. The molecule has 0 aromatic rings. The average Bonchev–Trinajstić information content (AvgIpc) is 2.66. The van der Waals surface area contributed by atoms with E-state index in [9.17, 15) is 4.79 Å². The standard InChI is InChI=1S/C9H12N2OS/c1-2-5-11-8(12)7-4-3-6-10(7)9(11)13/h2,7H,1,3-6H2/t7-/m0/s1. The van der Waals surface area contributed by atoms with Crippen LogP contribution in [0, 0.1) is 0 Å². The van der Waals surface area contributed by atoms with Gasteiger partial charge in [-0.1, -0.05) is 6.08 Å². The lowest BCUT2D eigenvalue weighted by atomic mass is 10.2. The van der Waals surface area contributed by atoms with Gasteiger partial charge in [0.15, 0.2) is 5.11 Å². The summed E-state index contributed by atoms with van der Waals surface area (Å²) >= 11 is 5.20. The van der Waals surface area contributed by atoms with Crippen molar-refractivity contribution in [3.8, 4) is 0 Å². The second-order valence-electron chi connectivity index (χ2n) is 3.37. The molecule has 0 aromatic heterocycles. The second-order valence-corrected chi connectivity index (χ2v) is 3.74.